The fourth-order valence-corrected chi connectivity index (χ4v) is 6.11. The number of carbonyl (C=O) groups excluding carboxylic acids is 1. The van der Waals surface area contributed by atoms with Crippen LogP contribution in [-0.4, -0.2) is 22.6 Å². The van der Waals surface area contributed by atoms with Crippen molar-refractivity contribution in [3.63, 3.8) is 0 Å². The van der Waals surface area contributed by atoms with Crippen LogP contribution in [0.4, 0.5) is 5.69 Å². The van der Waals surface area contributed by atoms with Crippen LogP contribution in [0.15, 0.2) is 111 Å². The molecule has 4 aromatic rings. The van der Waals surface area contributed by atoms with Gasteiger partial charge in [0.2, 0.25) is 0 Å². The molecule has 0 aromatic heterocycles. The lowest BCUT2D eigenvalue weighted by Gasteiger charge is -2.16. The number of ether oxygens (including phenoxy) is 2. The highest BCUT2D eigenvalue weighted by Crippen LogP contribution is 2.39. The SMILES string of the molecule is CCOc1cc(/C=C2/SC(=Nc3ccccc3)N(Cc3ccccc3)C2=O)cc(I)c1OCc1ccc(Br)cc1. The highest BCUT2D eigenvalue weighted by atomic mass is 127. The Morgan fingerprint density at radius 1 is 0.925 bits per heavy atom. The van der Waals surface area contributed by atoms with Crippen LogP contribution in [0, 0.1) is 3.57 Å². The number of rotatable bonds is 9. The van der Waals surface area contributed by atoms with Crippen LogP contribution >= 0.6 is 50.3 Å². The summed E-state index contributed by atoms with van der Waals surface area (Å²) in [4.78, 5) is 20.8. The average Bonchev–Trinajstić information content (AvgIpc) is 3.23. The highest BCUT2D eigenvalue weighted by Gasteiger charge is 2.33. The fourth-order valence-electron chi connectivity index (χ4n) is 4.07. The van der Waals surface area contributed by atoms with E-state index in [1.165, 1.54) is 11.8 Å². The molecule has 4 aromatic carbocycles. The Labute approximate surface area is 260 Å². The summed E-state index contributed by atoms with van der Waals surface area (Å²) in [6.45, 7) is 3.31. The summed E-state index contributed by atoms with van der Waals surface area (Å²) >= 11 is 7.11. The maximum absolute atomic E-state index is 13.7. The van der Waals surface area contributed by atoms with Gasteiger partial charge < -0.3 is 9.47 Å². The summed E-state index contributed by atoms with van der Waals surface area (Å²) < 4.78 is 14.1. The molecule has 1 aliphatic rings. The molecular formula is C32H26BrIN2O3S. The summed E-state index contributed by atoms with van der Waals surface area (Å²) in [5.41, 5.74) is 3.76. The maximum Gasteiger partial charge on any atom is 0.267 e. The van der Waals surface area contributed by atoms with Crippen molar-refractivity contribution in [1.82, 2.24) is 4.90 Å². The predicted octanol–water partition coefficient (Wildman–Crippen LogP) is 8.84. The van der Waals surface area contributed by atoms with Gasteiger partial charge in [-0.2, -0.15) is 0 Å². The van der Waals surface area contributed by atoms with Crippen molar-refractivity contribution in [3.05, 3.63) is 127 Å². The minimum Gasteiger partial charge on any atom is -0.490 e. The minimum absolute atomic E-state index is 0.0768. The van der Waals surface area contributed by atoms with Gasteiger partial charge in [0.15, 0.2) is 16.7 Å². The molecule has 1 heterocycles. The molecule has 0 unspecified atom stereocenters. The molecule has 1 fully saturated rings. The smallest absolute Gasteiger partial charge is 0.267 e. The highest BCUT2D eigenvalue weighted by molar-refractivity contribution is 14.1. The summed E-state index contributed by atoms with van der Waals surface area (Å²) in [7, 11) is 0. The van der Waals surface area contributed by atoms with Crippen molar-refractivity contribution < 1.29 is 14.3 Å². The number of hydrogen-bond acceptors (Lipinski definition) is 5. The molecule has 202 valence electrons. The number of hydrogen-bond donors (Lipinski definition) is 0. The summed E-state index contributed by atoms with van der Waals surface area (Å²) in [5, 5.41) is 0.653. The van der Waals surface area contributed by atoms with Gasteiger partial charge in [-0.1, -0.05) is 76.6 Å². The third-order valence-corrected chi connectivity index (χ3v) is 8.32. The molecule has 40 heavy (non-hydrogen) atoms. The second-order valence-corrected chi connectivity index (χ2v) is 12.0. The molecule has 0 spiro atoms. The monoisotopic (exact) mass is 724 g/mol. The fraction of sp³-hybridized carbons (Fsp3) is 0.125. The molecule has 0 atom stereocenters. The van der Waals surface area contributed by atoms with Gasteiger partial charge in [-0.15, -0.1) is 0 Å². The number of amides is 1. The van der Waals surface area contributed by atoms with Gasteiger partial charge in [0, 0.05) is 4.47 Å². The zero-order valence-corrected chi connectivity index (χ0v) is 26.3. The molecule has 0 N–H and O–H groups in total. The van der Waals surface area contributed by atoms with Crippen LogP contribution in [-0.2, 0) is 17.9 Å². The zero-order valence-electron chi connectivity index (χ0n) is 21.7. The number of amidine groups is 1. The first-order valence-corrected chi connectivity index (χ1v) is 15.4. The van der Waals surface area contributed by atoms with Crippen LogP contribution < -0.4 is 9.47 Å². The lowest BCUT2D eigenvalue weighted by molar-refractivity contribution is -0.122. The second-order valence-electron chi connectivity index (χ2n) is 8.90. The van der Waals surface area contributed by atoms with Crippen molar-refractivity contribution in [3.8, 4) is 11.5 Å². The van der Waals surface area contributed by atoms with E-state index in [1.807, 2.05) is 110 Å². The van der Waals surface area contributed by atoms with E-state index in [-0.39, 0.29) is 5.91 Å². The summed E-state index contributed by atoms with van der Waals surface area (Å²) in [5.74, 6) is 1.26. The second kappa shape index (κ2) is 13.5. The molecule has 5 nitrogen and oxygen atoms in total. The van der Waals surface area contributed by atoms with Crippen LogP contribution in [0.25, 0.3) is 6.08 Å². The average molecular weight is 725 g/mol. The van der Waals surface area contributed by atoms with E-state index in [4.69, 9.17) is 14.5 Å². The van der Waals surface area contributed by atoms with Crippen molar-refractivity contribution in [2.75, 3.05) is 6.61 Å². The largest absolute Gasteiger partial charge is 0.490 e. The van der Waals surface area contributed by atoms with Crippen LogP contribution in [0.3, 0.4) is 0 Å². The Hall–Kier alpha value is -3.08. The first kappa shape index (κ1) is 28.4. The molecule has 0 saturated carbocycles. The Kier molecular flexibility index (Phi) is 9.62. The van der Waals surface area contributed by atoms with E-state index in [9.17, 15) is 4.79 Å². The van der Waals surface area contributed by atoms with E-state index < -0.39 is 0 Å². The molecule has 5 rings (SSSR count). The van der Waals surface area contributed by atoms with Crippen molar-refractivity contribution in [2.24, 2.45) is 4.99 Å². The Bertz CT molecular complexity index is 1540. The van der Waals surface area contributed by atoms with Gasteiger partial charge in [0.1, 0.15) is 6.61 Å². The lowest BCUT2D eigenvalue weighted by Crippen LogP contribution is -2.28. The van der Waals surface area contributed by atoms with Gasteiger partial charge >= 0.3 is 0 Å². The number of thioether (sulfide) groups is 1. The molecule has 0 bridgehead atoms. The van der Waals surface area contributed by atoms with Crippen molar-refractivity contribution in [1.29, 1.82) is 0 Å². The van der Waals surface area contributed by atoms with Gasteiger partial charge in [-0.25, -0.2) is 4.99 Å². The number of aliphatic imine (C=N–C) groups is 1. The van der Waals surface area contributed by atoms with Crippen LogP contribution in [0.2, 0.25) is 0 Å². The number of para-hydroxylation sites is 1. The third kappa shape index (κ3) is 7.16. The Morgan fingerprint density at radius 3 is 2.33 bits per heavy atom. The quantitative estimate of drug-likeness (QED) is 0.128. The van der Waals surface area contributed by atoms with Gasteiger partial charge in [0.25, 0.3) is 5.91 Å². The Morgan fingerprint density at radius 2 is 1.62 bits per heavy atom. The normalized spacial score (nSPS) is 15.2. The molecule has 8 heteroatoms. The van der Waals surface area contributed by atoms with E-state index in [0.717, 1.165) is 30.4 Å². The van der Waals surface area contributed by atoms with Crippen LogP contribution in [0.1, 0.15) is 23.6 Å². The molecule has 1 amide bonds. The predicted molar refractivity (Wildman–Crippen MR) is 175 cm³/mol. The number of benzene rings is 4. The third-order valence-electron chi connectivity index (χ3n) is 5.98. The standard InChI is InChI=1S/C32H26BrIN2O3S/c1-2-38-28-18-24(17-27(34)30(28)39-21-23-13-15-25(33)16-14-23)19-29-31(37)36(20-22-9-5-3-6-10-22)32(40-29)35-26-11-7-4-8-12-26/h3-19H,2,20-21H2,1H3/b29-19+,35-32?. The van der Waals surface area contributed by atoms with Gasteiger partial charge in [-0.3, -0.25) is 9.69 Å². The van der Waals surface area contributed by atoms with Gasteiger partial charge in [0.05, 0.1) is 27.3 Å². The van der Waals surface area contributed by atoms with Crippen molar-refractivity contribution >= 4 is 73.1 Å². The molecular weight excluding hydrogens is 699 g/mol. The summed E-state index contributed by atoms with van der Waals surface area (Å²) in [6, 6.07) is 31.6. The number of carbonyl (C=O) groups is 1. The molecule has 0 radical (unpaired) electrons. The van der Waals surface area contributed by atoms with E-state index in [0.29, 0.717) is 41.3 Å². The number of halogens is 2. The van der Waals surface area contributed by atoms with Crippen LogP contribution in [0.5, 0.6) is 11.5 Å². The topological polar surface area (TPSA) is 51.1 Å². The Balaban J connectivity index is 1.44. The first-order valence-electron chi connectivity index (χ1n) is 12.7. The van der Waals surface area contributed by atoms with E-state index in [1.54, 1.807) is 4.90 Å². The molecule has 1 aliphatic heterocycles. The maximum atomic E-state index is 13.7. The lowest BCUT2D eigenvalue weighted by atomic mass is 10.1. The van der Waals surface area contributed by atoms with E-state index in [2.05, 4.69) is 38.5 Å². The van der Waals surface area contributed by atoms with Crippen molar-refractivity contribution in [2.45, 2.75) is 20.1 Å². The molecule has 0 aliphatic carbocycles. The summed E-state index contributed by atoms with van der Waals surface area (Å²) in [6.07, 6.45) is 1.90. The van der Waals surface area contributed by atoms with Gasteiger partial charge in [-0.05, 0) is 100 Å². The first-order chi connectivity index (χ1) is 19.5. The minimum atomic E-state index is -0.0768. The van der Waals surface area contributed by atoms with E-state index >= 15 is 0 Å². The molecule has 1 saturated heterocycles. The zero-order chi connectivity index (χ0) is 27.9. The number of nitrogens with zero attached hydrogens (tertiary/aromatic N) is 2.